The predicted molar refractivity (Wildman–Crippen MR) is 127 cm³/mol. The van der Waals surface area contributed by atoms with Crippen LogP contribution in [0.5, 0.6) is 11.5 Å². The zero-order valence-corrected chi connectivity index (χ0v) is 19.5. The molecule has 176 valence electrons. The highest BCUT2D eigenvalue weighted by atomic mass is 32.1. The fourth-order valence-electron chi connectivity index (χ4n) is 3.53. The number of amides is 1. The Labute approximate surface area is 198 Å². The summed E-state index contributed by atoms with van der Waals surface area (Å²) >= 11 is 1.31. The SMILES string of the molecule is COc1cc2ncn(CCCC(=O)N=c3sccn3Cc3ccccc3F)c(=O)c2cc1OC. The number of hydrogen-bond acceptors (Lipinski definition) is 6. The van der Waals surface area contributed by atoms with Crippen LogP contribution in [0.25, 0.3) is 10.9 Å². The molecule has 4 aromatic rings. The van der Waals surface area contributed by atoms with Gasteiger partial charge in [0.15, 0.2) is 16.3 Å². The van der Waals surface area contributed by atoms with Gasteiger partial charge in [-0.05, 0) is 18.6 Å². The van der Waals surface area contributed by atoms with Crippen LogP contribution in [0.4, 0.5) is 4.39 Å². The van der Waals surface area contributed by atoms with Crippen molar-refractivity contribution in [2.45, 2.75) is 25.9 Å². The lowest BCUT2D eigenvalue weighted by Crippen LogP contribution is -2.21. The number of fused-ring (bicyclic) bond motifs is 1. The minimum absolute atomic E-state index is 0.161. The van der Waals surface area contributed by atoms with Gasteiger partial charge in [0.25, 0.3) is 5.56 Å². The topological polar surface area (TPSA) is 87.7 Å². The van der Waals surface area contributed by atoms with Crippen LogP contribution < -0.4 is 19.8 Å². The molecule has 0 fully saturated rings. The molecule has 0 N–H and O–H groups in total. The van der Waals surface area contributed by atoms with Gasteiger partial charge in [-0.25, -0.2) is 9.37 Å². The highest BCUT2D eigenvalue weighted by Crippen LogP contribution is 2.29. The van der Waals surface area contributed by atoms with Crippen LogP contribution in [0.3, 0.4) is 0 Å². The van der Waals surface area contributed by atoms with E-state index in [4.69, 9.17) is 9.47 Å². The van der Waals surface area contributed by atoms with Crippen LogP contribution in [0, 0.1) is 5.82 Å². The average Bonchev–Trinajstić information content (AvgIpc) is 3.27. The van der Waals surface area contributed by atoms with E-state index in [1.54, 1.807) is 46.5 Å². The molecule has 0 saturated heterocycles. The molecular formula is C24H23FN4O4S. The summed E-state index contributed by atoms with van der Waals surface area (Å²) in [6.07, 6.45) is 3.81. The van der Waals surface area contributed by atoms with Gasteiger partial charge in [-0.15, -0.1) is 11.3 Å². The number of methoxy groups -OCH3 is 2. The Kier molecular flexibility index (Phi) is 7.17. The molecule has 8 nitrogen and oxygen atoms in total. The Morgan fingerprint density at radius 3 is 2.68 bits per heavy atom. The van der Waals surface area contributed by atoms with Gasteiger partial charge >= 0.3 is 0 Å². The predicted octanol–water partition coefficient (Wildman–Crippen LogP) is 3.37. The van der Waals surface area contributed by atoms with E-state index in [2.05, 4.69) is 9.98 Å². The monoisotopic (exact) mass is 482 g/mol. The van der Waals surface area contributed by atoms with E-state index in [9.17, 15) is 14.0 Å². The third kappa shape index (κ3) is 5.07. The minimum Gasteiger partial charge on any atom is -0.493 e. The molecule has 2 heterocycles. The molecule has 0 saturated carbocycles. The molecule has 2 aromatic heterocycles. The number of rotatable bonds is 8. The summed E-state index contributed by atoms with van der Waals surface area (Å²) in [6, 6.07) is 9.76. The largest absolute Gasteiger partial charge is 0.493 e. The average molecular weight is 483 g/mol. The first kappa shape index (κ1) is 23.4. The summed E-state index contributed by atoms with van der Waals surface area (Å²) in [6.45, 7) is 0.603. The van der Waals surface area contributed by atoms with Crippen LogP contribution in [-0.2, 0) is 17.9 Å². The normalized spacial score (nSPS) is 11.7. The number of aromatic nitrogens is 3. The van der Waals surface area contributed by atoms with Gasteiger partial charge in [-0.3, -0.25) is 14.2 Å². The van der Waals surface area contributed by atoms with Gasteiger partial charge < -0.3 is 14.0 Å². The Bertz CT molecular complexity index is 1460. The summed E-state index contributed by atoms with van der Waals surface area (Å²) in [4.78, 5) is 34.3. The second-order valence-corrected chi connectivity index (χ2v) is 8.35. The number of hydrogen-bond donors (Lipinski definition) is 0. The van der Waals surface area contributed by atoms with E-state index in [1.807, 2.05) is 0 Å². The van der Waals surface area contributed by atoms with Gasteiger partial charge in [0.2, 0.25) is 5.91 Å². The van der Waals surface area contributed by atoms with E-state index >= 15 is 0 Å². The van der Waals surface area contributed by atoms with Gasteiger partial charge in [-0.1, -0.05) is 18.2 Å². The van der Waals surface area contributed by atoms with E-state index in [1.165, 1.54) is 42.5 Å². The van der Waals surface area contributed by atoms with Crippen molar-refractivity contribution in [3.63, 3.8) is 0 Å². The second kappa shape index (κ2) is 10.4. The molecule has 0 aliphatic heterocycles. The third-order valence-corrected chi connectivity index (χ3v) is 6.09. The molecule has 10 heteroatoms. The molecular weight excluding hydrogens is 459 g/mol. The van der Waals surface area contributed by atoms with Gasteiger partial charge in [0.05, 0.1) is 38.0 Å². The molecule has 4 rings (SSSR count). The summed E-state index contributed by atoms with van der Waals surface area (Å²) in [5, 5.41) is 2.21. The van der Waals surface area contributed by atoms with Crippen molar-refractivity contribution >= 4 is 28.1 Å². The zero-order valence-electron chi connectivity index (χ0n) is 18.7. The quantitative estimate of drug-likeness (QED) is 0.384. The first-order chi connectivity index (χ1) is 16.5. The lowest BCUT2D eigenvalue weighted by atomic mass is 10.2. The summed E-state index contributed by atoms with van der Waals surface area (Å²) in [5.41, 5.74) is 0.797. The van der Waals surface area contributed by atoms with E-state index in [0.717, 1.165) is 0 Å². The smallest absolute Gasteiger partial charge is 0.261 e. The fourth-order valence-corrected chi connectivity index (χ4v) is 4.27. The lowest BCUT2D eigenvalue weighted by Gasteiger charge is -2.10. The molecule has 0 bridgehead atoms. The third-order valence-electron chi connectivity index (χ3n) is 5.30. The van der Waals surface area contributed by atoms with Gasteiger partial charge in [-0.2, -0.15) is 4.99 Å². The van der Waals surface area contributed by atoms with E-state index < -0.39 is 0 Å². The maximum Gasteiger partial charge on any atom is 0.261 e. The Hall–Kier alpha value is -3.79. The minimum atomic E-state index is -0.307. The van der Waals surface area contributed by atoms with Crippen molar-refractivity contribution in [1.29, 1.82) is 0 Å². The zero-order chi connectivity index (χ0) is 24.1. The van der Waals surface area contributed by atoms with E-state index in [0.29, 0.717) is 45.7 Å². The second-order valence-electron chi connectivity index (χ2n) is 7.48. The highest BCUT2D eigenvalue weighted by molar-refractivity contribution is 7.07. The molecule has 2 aromatic carbocycles. The van der Waals surface area contributed by atoms with Crippen molar-refractivity contribution in [3.05, 3.63) is 80.8 Å². The maximum atomic E-state index is 14.0. The number of benzene rings is 2. The number of thiazole rings is 1. The molecule has 0 aliphatic rings. The maximum absolute atomic E-state index is 14.0. The molecule has 0 unspecified atom stereocenters. The first-order valence-electron chi connectivity index (χ1n) is 10.6. The first-order valence-corrected chi connectivity index (χ1v) is 11.4. The summed E-state index contributed by atoms with van der Waals surface area (Å²) < 4.78 is 27.7. The molecule has 0 spiro atoms. The lowest BCUT2D eigenvalue weighted by molar-refractivity contribution is -0.118. The van der Waals surface area contributed by atoms with Crippen LogP contribution in [0.15, 0.2) is 64.1 Å². The van der Waals surface area contributed by atoms with Crippen LogP contribution in [-0.4, -0.2) is 34.2 Å². The summed E-state index contributed by atoms with van der Waals surface area (Å²) in [7, 11) is 3.02. The van der Waals surface area contributed by atoms with Crippen molar-refractivity contribution in [3.8, 4) is 11.5 Å². The van der Waals surface area contributed by atoms with Crippen molar-refractivity contribution < 1.29 is 18.7 Å². The Morgan fingerprint density at radius 1 is 1.15 bits per heavy atom. The number of ether oxygens (including phenoxy) is 2. The number of nitrogens with zero attached hydrogens (tertiary/aromatic N) is 4. The molecule has 1 amide bonds. The van der Waals surface area contributed by atoms with Crippen LogP contribution in [0.2, 0.25) is 0 Å². The number of carbonyl (C=O) groups is 1. The van der Waals surface area contributed by atoms with Crippen LogP contribution in [0.1, 0.15) is 18.4 Å². The number of aryl methyl sites for hydroxylation is 1. The Morgan fingerprint density at radius 2 is 1.91 bits per heavy atom. The standard InChI is InChI=1S/C24H23FN4O4S/c1-32-20-12-17-19(13-21(20)33-2)26-15-29(23(17)31)9-5-8-22(30)27-24-28(10-11-34-24)14-16-6-3-4-7-18(16)25/h3-4,6-7,10-13,15H,5,8-9,14H2,1-2H3. The summed E-state index contributed by atoms with van der Waals surface area (Å²) in [5.74, 6) is 0.329. The number of halogens is 1. The van der Waals surface area contributed by atoms with Crippen molar-refractivity contribution in [2.75, 3.05) is 14.2 Å². The highest BCUT2D eigenvalue weighted by Gasteiger charge is 2.11. The van der Waals surface area contributed by atoms with Crippen molar-refractivity contribution in [1.82, 2.24) is 14.1 Å². The van der Waals surface area contributed by atoms with Gasteiger partial charge in [0, 0.05) is 36.2 Å². The van der Waals surface area contributed by atoms with Crippen molar-refractivity contribution in [2.24, 2.45) is 4.99 Å². The molecule has 0 radical (unpaired) electrons. The van der Waals surface area contributed by atoms with Gasteiger partial charge in [0.1, 0.15) is 5.82 Å². The Balaban J connectivity index is 1.44. The number of carbonyl (C=O) groups excluding carboxylic acids is 1. The molecule has 0 atom stereocenters. The fraction of sp³-hybridized carbons (Fsp3) is 0.250. The van der Waals surface area contributed by atoms with Crippen LogP contribution >= 0.6 is 11.3 Å². The molecule has 0 aliphatic carbocycles. The van der Waals surface area contributed by atoms with E-state index in [-0.39, 0.29) is 30.2 Å². The molecule has 34 heavy (non-hydrogen) atoms.